The van der Waals surface area contributed by atoms with Gasteiger partial charge in [0.15, 0.2) is 0 Å². The number of carbonyl (C=O) groups excluding carboxylic acids is 1. The monoisotopic (exact) mass is 328 g/mol. The Labute approximate surface area is 144 Å². The average molecular weight is 328 g/mol. The standard InChI is InChI=1S/C20H28N2O2/c1-24-18-5-2-4-17(12-18)13-21-11-9-20(15-21)8-3-10-22(19(20)23)14-16-6-7-16/h2,4-5,12,16H,3,6-11,13-15H2,1H3/t20-/m0/s1. The first-order valence-electron chi connectivity index (χ1n) is 9.33. The molecule has 0 unspecified atom stereocenters. The summed E-state index contributed by atoms with van der Waals surface area (Å²) in [4.78, 5) is 17.7. The van der Waals surface area contributed by atoms with E-state index in [4.69, 9.17) is 4.74 Å². The number of ether oxygens (including phenoxy) is 1. The SMILES string of the molecule is COc1cccc(CN2CC[C@@]3(CCCN(CC4CC4)C3=O)C2)c1. The van der Waals surface area contributed by atoms with Gasteiger partial charge in [-0.05, 0) is 62.3 Å². The van der Waals surface area contributed by atoms with Crippen molar-refractivity contribution in [1.82, 2.24) is 9.80 Å². The summed E-state index contributed by atoms with van der Waals surface area (Å²) in [5.41, 5.74) is 1.16. The van der Waals surface area contributed by atoms with Crippen LogP contribution < -0.4 is 4.74 Å². The highest BCUT2D eigenvalue weighted by Gasteiger charge is 2.48. The number of hydrogen-bond acceptors (Lipinski definition) is 3. The molecule has 4 nitrogen and oxygen atoms in total. The van der Waals surface area contributed by atoms with Crippen LogP contribution in [0.15, 0.2) is 24.3 Å². The van der Waals surface area contributed by atoms with Crippen LogP contribution in [-0.2, 0) is 11.3 Å². The highest BCUT2D eigenvalue weighted by Crippen LogP contribution is 2.42. The lowest BCUT2D eigenvalue weighted by Gasteiger charge is -2.39. The maximum Gasteiger partial charge on any atom is 0.230 e. The van der Waals surface area contributed by atoms with Gasteiger partial charge < -0.3 is 9.64 Å². The van der Waals surface area contributed by atoms with Crippen molar-refractivity contribution >= 4 is 5.91 Å². The van der Waals surface area contributed by atoms with Gasteiger partial charge in [-0.1, -0.05) is 12.1 Å². The first kappa shape index (κ1) is 15.9. The van der Waals surface area contributed by atoms with Crippen LogP contribution in [-0.4, -0.2) is 49.0 Å². The molecule has 1 aromatic carbocycles. The quantitative estimate of drug-likeness (QED) is 0.833. The third-order valence-electron chi connectivity index (χ3n) is 5.97. The van der Waals surface area contributed by atoms with Crippen LogP contribution in [0.4, 0.5) is 0 Å². The third-order valence-corrected chi connectivity index (χ3v) is 5.97. The lowest BCUT2D eigenvalue weighted by atomic mass is 9.78. The minimum atomic E-state index is -0.105. The summed E-state index contributed by atoms with van der Waals surface area (Å²) in [5, 5.41) is 0. The number of methoxy groups -OCH3 is 1. The Morgan fingerprint density at radius 1 is 1.25 bits per heavy atom. The van der Waals surface area contributed by atoms with E-state index < -0.39 is 0 Å². The summed E-state index contributed by atoms with van der Waals surface area (Å²) in [6, 6.07) is 8.28. The van der Waals surface area contributed by atoms with E-state index in [0.29, 0.717) is 5.91 Å². The molecule has 0 bridgehead atoms. The Morgan fingerprint density at radius 2 is 2.12 bits per heavy atom. The van der Waals surface area contributed by atoms with Gasteiger partial charge in [0.05, 0.1) is 12.5 Å². The van der Waals surface area contributed by atoms with Crippen molar-refractivity contribution in [2.75, 3.05) is 33.3 Å². The number of rotatable bonds is 5. The highest BCUT2D eigenvalue weighted by atomic mass is 16.5. The lowest BCUT2D eigenvalue weighted by Crippen LogP contribution is -2.50. The highest BCUT2D eigenvalue weighted by molar-refractivity contribution is 5.84. The summed E-state index contributed by atoms with van der Waals surface area (Å²) in [6.45, 7) is 4.85. The van der Waals surface area contributed by atoms with E-state index in [-0.39, 0.29) is 5.41 Å². The molecule has 2 aliphatic heterocycles. The first-order chi connectivity index (χ1) is 11.7. The van der Waals surface area contributed by atoms with Crippen molar-refractivity contribution in [3.05, 3.63) is 29.8 Å². The van der Waals surface area contributed by atoms with Crippen molar-refractivity contribution in [3.63, 3.8) is 0 Å². The van der Waals surface area contributed by atoms with Crippen LogP contribution in [0, 0.1) is 11.3 Å². The predicted octanol–water partition coefficient (Wildman–Crippen LogP) is 2.92. The second-order valence-corrected chi connectivity index (χ2v) is 7.89. The smallest absolute Gasteiger partial charge is 0.230 e. The normalized spacial score (nSPS) is 27.9. The molecule has 1 aromatic rings. The molecule has 0 aromatic heterocycles. The molecule has 0 radical (unpaired) electrons. The van der Waals surface area contributed by atoms with E-state index in [0.717, 1.165) is 57.2 Å². The molecule has 0 N–H and O–H groups in total. The Morgan fingerprint density at radius 3 is 2.92 bits per heavy atom. The molecule has 3 fully saturated rings. The third kappa shape index (κ3) is 3.16. The van der Waals surface area contributed by atoms with Gasteiger partial charge in [-0.25, -0.2) is 0 Å². The summed E-state index contributed by atoms with van der Waals surface area (Å²) < 4.78 is 5.32. The van der Waals surface area contributed by atoms with Gasteiger partial charge in [0.2, 0.25) is 5.91 Å². The van der Waals surface area contributed by atoms with Gasteiger partial charge in [-0.2, -0.15) is 0 Å². The number of likely N-dealkylation sites (tertiary alicyclic amines) is 2. The molecular weight excluding hydrogens is 300 g/mol. The predicted molar refractivity (Wildman–Crippen MR) is 93.9 cm³/mol. The molecule has 1 amide bonds. The fourth-order valence-corrected chi connectivity index (χ4v) is 4.44. The molecule has 1 atom stereocenters. The van der Waals surface area contributed by atoms with Gasteiger partial charge in [-0.15, -0.1) is 0 Å². The molecule has 1 aliphatic carbocycles. The molecule has 2 saturated heterocycles. The summed E-state index contributed by atoms with van der Waals surface area (Å²) in [5.74, 6) is 2.14. The second kappa shape index (κ2) is 6.40. The summed E-state index contributed by atoms with van der Waals surface area (Å²) in [7, 11) is 1.71. The Kier molecular flexibility index (Phi) is 4.25. The summed E-state index contributed by atoms with van der Waals surface area (Å²) >= 11 is 0. The topological polar surface area (TPSA) is 32.8 Å². The zero-order chi connectivity index (χ0) is 16.6. The minimum absolute atomic E-state index is 0.105. The van der Waals surface area contributed by atoms with Crippen LogP contribution in [0.25, 0.3) is 0 Å². The molecule has 2 heterocycles. The lowest BCUT2D eigenvalue weighted by molar-refractivity contribution is -0.145. The fraction of sp³-hybridized carbons (Fsp3) is 0.650. The molecule has 24 heavy (non-hydrogen) atoms. The molecule has 3 aliphatic rings. The van der Waals surface area contributed by atoms with Gasteiger partial charge in [0, 0.05) is 26.2 Å². The number of nitrogens with zero attached hydrogens (tertiary/aromatic N) is 2. The zero-order valence-corrected chi connectivity index (χ0v) is 14.7. The number of amides is 1. The first-order valence-corrected chi connectivity index (χ1v) is 9.33. The number of piperidine rings is 1. The summed E-state index contributed by atoms with van der Waals surface area (Å²) in [6.07, 6.45) is 5.90. The van der Waals surface area contributed by atoms with Crippen molar-refractivity contribution in [3.8, 4) is 5.75 Å². The van der Waals surface area contributed by atoms with E-state index in [2.05, 4.69) is 21.9 Å². The van der Waals surface area contributed by atoms with Crippen LogP contribution >= 0.6 is 0 Å². The minimum Gasteiger partial charge on any atom is -0.497 e. The van der Waals surface area contributed by atoms with Crippen LogP contribution in [0.2, 0.25) is 0 Å². The number of carbonyl (C=O) groups is 1. The molecule has 4 heteroatoms. The van der Waals surface area contributed by atoms with E-state index >= 15 is 0 Å². The van der Waals surface area contributed by atoms with E-state index in [9.17, 15) is 4.79 Å². The van der Waals surface area contributed by atoms with Gasteiger partial charge in [0.1, 0.15) is 5.75 Å². The Balaban J connectivity index is 1.41. The van der Waals surface area contributed by atoms with Crippen molar-refractivity contribution < 1.29 is 9.53 Å². The van der Waals surface area contributed by atoms with Crippen molar-refractivity contribution in [1.29, 1.82) is 0 Å². The Bertz CT molecular complexity index is 613. The van der Waals surface area contributed by atoms with Gasteiger partial charge in [-0.3, -0.25) is 9.69 Å². The number of hydrogen-bond donors (Lipinski definition) is 0. The maximum absolute atomic E-state index is 13.1. The van der Waals surface area contributed by atoms with Gasteiger partial charge in [0.25, 0.3) is 0 Å². The average Bonchev–Trinajstić information content (AvgIpc) is 3.33. The Hall–Kier alpha value is -1.55. The zero-order valence-electron chi connectivity index (χ0n) is 14.7. The van der Waals surface area contributed by atoms with Crippen LogP contribution in [0.1, 0.15) is 37.7 Å². The molecular formula is C20H28N2O2. The van der Waals surface area contributed by atoms with E-state index in [1.54, 1.807) is 7.11 Å². The fourth-order valence-electron chi connectivity index (χ4n) is 4.44. The maximum atomic E-state index is 13.1. The van der Waals surface area contributed by atoms with Crippen molar-refractivity contribution in [2.45, 2.75) is 38.6 Å². The van der Waals surface area contributed by atoms with E-state index in [1.165, 1.54) is 24.8 Å². The van der Waals surface area contributed by atoms with E-state index in [1.807, 2.05) is 12.1 Å². The second-order valence-electron chi connectivity index (χ2n) is 7.89. The molecule has 1 saturated carbocycles. The largest absolute Gasteiger partial charge is 0.497 e. The van der Waals surface area contributed by atoms with Crippen molar-refractivity contribution in [2.24, 2.45) is 11.3 Å². The van der Waals surface area contributed by atoms with Crippen LogP contribution in [0.5, 0.6) is 5.75 Å². The van der Waals surface area contributed by atoms with Gasteiger partial charge >= 0.3 is 0 Å². The molecule has 1 spiro atoms. The van der Waals surface area contributed by atoms with Crippen LogP contribution in [0.3, 0.4) is 0 Å². The number of benzene rings is 1. The molecule has 4 rings (SSSR count). The molecule has 130 valence electrons.